The fraction of sp³-hybridized carbons (Fsp3) is 0.450. The molecule has 0 spiro atoms. The summed E-state index contributed by atoms with van der Waals surface area (Å²) in [5, 5.41) is 4.83. The van der Waals surface area contributed by atoms with Crippen LogP contribution in [0.5, 0.6) is 0 Å². The molecule has 0 N–H and O–H groups in total. The van der Waals surface area contributed by atoms with Gasteiger partial charge in [0.25, 0.3) is 0 Å². The van der Waals surface area contributed by atoms with Crippen LogP contribution in [-0.2, 0) is 4.84 Å². The van der Waals surface area contributed by atoms with E-state index in [4.69, 9.17) is 9.25 Å². The summed E-state index contributed by atoms with van der Waals surface area (Å²) < 4.78 is 5.18. The maximum Gasteiger partial charge on any atom is 0.373 e. The molecule has 2 aliphatic carbocycles. The molecule has 2 atom stereocenters. The normalized spacial score (nSPS) is 28.6. The summed E-state index contributed by atoms with van der Waals surface area (Å²) in [5.41, 5.74) is 0.635. The molecule has 25 heavy (non-hydrogen) atoms. The van der Waals surface area contributed by atoms with Gasteiger partial charge in [-0.3, -0.25) is 0 Å². The third-order valence-electron chi connectivity index (χ3n) is 6.61. The number of rotatable bonds is 2. The summed E-state index contributed by atoms with van der Waals surface area (Å²) in [4.78, 5) is 29.5. The molecule has 2 aliphatic rings. The molecule has 0 radical (unpaired) electrons. The lowest BCUT2D eigenvalue weighted by atomic mass is 9.70. The number of fused-ring (bicyclic) bond motifs is 3. The van der Waals surface area contributed by atoms with E-state index in [1.165, 1.54) is 12.5 Å². The quantitative estimate of drug-likeness (QED) is 0.468. The number of carbonyl (C=O) groups is 1. The summed E-state index contributed by atoms with van der Waals surface area (Å²) in [6, 6.07) is 8.55. The molecular weight excluding hydrogens is 318 g/mol. The molecule has 0 aliphatic heterocycles. The van der Waals surface area contributed by atoms with Gasteiger partial charge in [-0.1, -0.05) is 44.1 Å². The summed E-state index contributed by atoms with van der Waals surface area (Å²) in [7, 11) is 0. The molecule has 2 saturated carbocycles. The van der Waals surface area contributed by atoms with Crippen molar-refractivity contribution in [3.8, 4) is 0 Å². The van der Waals surface area contributed by atoms with Crippen molar-refractivity contribution in [3.05, 3.63) is 46.3 Å². The molecule has 2 bridgehead atoms. The Labute approximate surface area is 145 Å². The first-order chi connectivity index (χ1) is 11.8. The maximum atomic E-state index is 12.3. The van der Waals surface area contributed by atoms with E-state index in [9.17, 15) is 9.59 Å². The van der Waals surface area contributed by atoms with Gasteiger partial charge in [0.2, 0.25) is 0 Å². The van der Waals surface area contributed by atoms with Crippen LogP contribution in [-0.4, -0.2) is 11.7 Å². The highest BCUT2D eigenvalue weighted by atomic mass is 16.7. The number of para-hydroxylation sites is 1. The monoisotopic (exact) mass is 339 g/mol. The van der Waals surface area contributed by atoms with Crippen LogP contribution in [0, 0.1) is 16.7 Å². The smallest absolute Gasteiger partial charge is 0.373 e. The Kier molecular flexibility index (Phi) is 3.39. The molecule has 1 aromatic carbocycles. The molecular formula is C20H21NO4. The summed E-state index contributed by atoms with van der Waals surface area (Å²) >= 11 is 0. The SMILES string of the molecule is CC12CCC(C/C1=N\OC(=O)c1cc3ccccc3oc1=O)C2(C)C. The largest absolute Gasteiger partial charge is 0.422 e. The zero-order valence-electron chi connectivity index (χ0n) is 14.7. The highest BCUT2D eigenvalue weighted by Crippen LogP contribution is 2.63. The first-order valence-electron chi connectivity index (χ1n) is 8.64. The molecule has 1 heterocycles. The van der Waals surface area contributed by atoms with Crippen molar-refractivity contribution in [2.45, 2.75) is 40.0 Å². The van der Waals surface area contributed by atoms with Crippen molar-refractivity contribution in [2.24, 2.45) is 21.9 Å². The van der Waals surface area contributed by atoms with Crippen molar-refractivity contribution in [3.63, 3.8) is 0 Å². The minimum Gasteiger partial charge on any atom is -0.422 e. The van der Waals surface area contributed by atoms with Crippen molar-refractivity contribution in [2.75, 3.05) is 0 Å². The topological polar surface area (TPSA) is 68.9 Å². The van der Waals surface area contributed by atoms with Crippen LogP contribution in [0.4, 0.5) is 0 Å². The minimum absolute atomic E-state index is 0.0496. The molecule has 5 nitrogen and oxygen atoms in total. The lowest BCUT2D eigenvalue weighted by molar-refractivity contribution is 0.0504. The first-order valence-corrected chi connectivity index (χ1v) is 8.64. The average Bonchev–Trinajstić information content (AvgIpc) is 2.92. The minimum atomic E-state index is -0.767. The van der Waals surface area contributed by atoms with Gasteiger partial charge >= 0.3 is 11.6 Å². The van der Waals surface area contributed by atoms with Crippen molar-refractivity contribution in [1.82, 2.24) is 0 Å². The zero-order valence-corrected chi connectivity index (χ0v) is 14.7. The Balaban J connectivity index is 1.62. The molecule has 0 amide bonds. The number of carbonyl (C=O) groups excluding carboxylic acids is 1. The van der Waals surface area contributed by atoms with Crippen LogP contribution in [0.1, 0.15) is 50.4 Å². The molecule has 5 heteroatoms. The van der Waals surface area contributed by atoms with E-state index in [1.807, 2.05) is 6.07 Å². The van der Waals surface area contributed by atoms with E-state index in [-0.39, 0.29) is 16.4 Å². The van der Waals surface area contributed by atoms with Crippen LogP contribution < -0.4 is 5.63 Å². The molecule has 0 saturated heterocycles. The Morgan fingerprint density at radius 2 is 2.04 bits per heavy atom. The van der Waals surface area contributed by atoms with Crippen LogP contribution in [0.3, 0.4) is 0 Å². The van der Waals surface area contributed by atoms with E-state index in [2.05, 4.69) is 25.9 Å². The number of benzene rings is 1. The van der Waals surface area contributed by atoms with Gasteiger partial charge in [0.15, 0.2) is 0 Å². The Morgan fingerprint density at radius 1 is 1.28 bits per heavy atom. The molecule has 2 fully saturated rings. The molecule has 2 unspecified atom stereocenters. The molecule has 2 aromatic rings. The van der Waals surface area contributed by atoms with Gasteiger partial charge in [-0.15, -0.1) is 0 Å². The van der Waals surface area contributed by atoms with Gasteiger partial charge in [0.1, 0.15) is 11.1 Å². The third kappa shape index (κ3) is 2.25. The second-order valence-electron chi connectivity index (χ2n) is 7.90. The zero-order chi connectivity index (χ0) is 17.8. The summed E-state index contributed by atoms with van der Waals surface area (Å²) in [6.07, 6.45) is 3.09. The van der Waals surface area contributed by atoms with Crippen molar-refractivity contribution < 1.29 is 14.0 Å². The highest BCUT2D eigenvalue weighted by Gasteiger charge is 2.60. The van der Waals surface area contributed by atoms with E-state index in [0.29, 0.717) is 16.9 Å². The molecule has 1 aromatic heterocycles. The second kappa shape index (κ2) is 5.28. The van der Waals surface area contributed by atoms with Crippen molar-refractivity contribution >= 4 is 22.7 Å². The predicted octanol–water partition coefficient (Wildman–Crippen LogP) is 4.15. The van der Waals surface area contributed by atoms with Gasteiger partial charge in [-0.05, 0) is 42.7 Å². The number of hydrogen-bond donors (Lipinski definition) is 0. The van der Waals surface area contributed by atoms with Crippen LogP contribution >= 0.6 is 0 Å². The predicted molar refractivity (Wildman–Crippen MR) is 94.6 cm³/mol. The summed E-state index contributed by atoms with van der Waals surface area (Å²) in [6.45, 7) is 6.71. The fourth-order valence-corrected chi connectivity index (χ4v) is 4.42. The average molecular weight is 339 g/mol. The van der Waals surface area contributed by atoms with Gasteiger partial charge in [0, 0.05) is 10.8 Å². The standard InChI is InChI=1S/C20H21NO4/c1-19(2)13-8-9-20(19,3)16(11-13)21-25-18(23)14-10-12-6-4-5-7-15(12)24-17(14)22/h4-7,10,13H,8-9,11H2,1-3H3/b21-16+. The Hall–Kier alpha value is -2.43. The van der Waals surface area contributed by atoms with E-state index < -0.39 is 11.6 Å². The van der Waals surface area contributed by atoms with Gasteiger partial charge in [-0.2, -0.15) is 0 Å². The fourth-order valence-electron chi connectivity index (χ4n) is 4.42. The maximum absolute atomic E-state index is 12.3. The van der Waals surface area contributed by atoms with Gasteiger partial charge in [0.05, 0.1) is 5.71 Å². The Bertz CT molecular complexity index is 956. The lowest BCUT2D eigenvalue weighted by Gasteiger charge is -2.34. The summed E-state index contributed by atoms with van der Waals surface area (Å²) in [5.74, 6) is -0.197. The van der Waals surface area contributed by atoms with Gasteiger partial charge < -0.3 is 9.25 Å². The van der Waals surface area contributed by atoms with Crippen molar-refractivity contribution in [1.29, 1.82) is 0 Å². The van der Waals surface area contributed by atoms with Gasteiger partial charge in [-0.25, -0.2) is 9.59 Å². The van der Waals surface area contributed by atoms with E-state index in [0.717, 1.165) is 18.6 Å². The van der Waals surface area contributed by atoms with Crippen LogP contribution in [0.2, 0.25) is 0 Å². The second-order valence-corrected chi connectivity index (χ2v) is 7.90. The van der Waals surface area contributed by atoms with Crippen LogP contribution in [0.25, 0.3) is 11.0 Å². The third-order valence-corrected chi connectivity index (χ3v) is 6.61. The number of oxime groups is 1. The molecule has 4 rings (SSSR count). The molecule has 130 valence electrons. The highest BCUT2D eigenvalue weighted by molar-refractivity contribution is 5.96. The van der Waals surface area contributed by atoms with Crippen LogP contribution in [0.15, 0.2) is 44.7 Å². The number of hydrogen-bond acceptors (Lipinski definition) is 5. The van der Waals surface area contributed by atoms with E-state index >= 15 is 0 Å². The van der Waals surface area contributed by atoms with E-state index in [1.54, 1.807) is 18.2 Å². The first kappa shape index (κ1) is 16.1. The number of nitrogens with zero attached hydrogens (tertiary/aromatic N) is 1. The lowest BCUT2D eigenvalue weighted by Crippen LogP contribution is -2.32. The Morgan fingerprint density at radius 3 is 2.72 bits per heavy atom.